The highest BCUT2D eigenvalue weighted by Crippen LogP contribution is 2.18. The van der Waals surface area contributed by atoms with Crippen molar-refractivity contribution < 1.29 is 28.6 Å². The van der Waals surface area contributed by atoms with Crippen molar-refractivity contribution in [1.29, 1.82) is 0 Å². The number of unbranched alkanes of at least 4 members (excludes halogenated alkanes) is 48. The molecular weight excluding hydrogens is 997 g/mol. The Kier molecular flexibility index (Phi) is 67.6. The van der Waals surface area contributed by atoms with Gasteiger partial charge in [-0.3, -0.25) is 14.4 Å². The zero-order chi connectivity index (χ0) is 58.5. The second-order valence-electron chi connectivity index (χ2n) is 24.5. The largest absolute Gasteiger partial charge is 0.462 e. The van der Waals surface area contributed by atoms with Crippen LogP contribution in [0, 0.1) is 0 Å². The van der Waals surface area contributed by atoms with Crippen LogP contribution in [0.5, 0.6) is 0 Å². The predicted octanol–water partition coefficient (Wildman–Crippen LogP) is 24.9. The monoisotopic (exact) mass is 1140 g/mol. The predicted molar refractivity (Wildman–Crippen MR) is 353 cm³/mol. The molecule has 1 atom stereocenters. The molecule has 0 aromatic rings. The molecule has 0 radical (unpaired) electrons. The molecule has 0 N–H and O–H groups in total. The Hall–Kier alpha value is -2.63. The maximum atomic E-state index is 12.9. The van der Waals surface area contributed by atoms with Crippen molar-refractivity contribution in [1.82, 2.24) is 0 Å². The molecule has 81 heavy (non-hydrogen) atoms. The molecule has 0 saturated heterocycles. The fourth-order valence-corrected chi connectivity index (χ4v) is 10.9. The van der Waals surface area contributed by atoms with Crippen LogP contribution in [0.25, 0.3) is 0 Å². The Morgan fingerprint density at radius 2 is 0.444 bits per heavy atom. The summed E-state index contributed by atoms with van der Waals surface area (Å²) < 4.78 is 17.0. The van der Waals surface area contributed by atoms with Crippen LogP contribution in [-0.2, 0) is 28.6 Å². The lowest BCUT2D eigenvalue weighted by Crippen LogP contribution is -2.30. The van der Waals surface area contributed by atoms with Gasteiger partial charge in [-0.2, -0.15) is 0 Å². The van der Waals surface area contributed by atoms with E-state index < -0.39 is 6.10 Å². The zero-order valence-electron chi connectivity index (χ0n) is 54.6. The first-order valence-electron chi connectivity index (χ1n) is 36.1. The molecule has 0 rings (SSSR count). The third kappa shape index (κ3) is 68.0. The molecule has 0 bridgehead atoms. The summed E-state index contributed by atoms with van der Waals surface area (Å²) >= 11 is 0. The lowest BCUT2D eigenvalue weighted by molar-refractivity contribution is -0.167. The van der Waals surface area contributed by atoms with E-state index in [9.17, 15) is 14.4 Å². The molecular formula is C75H138O6. The minimum Gasteiger partial charge on any atom is -0.462 e. The first kappa shape index (κ1) is 78.4. The van der Waals surface area contributed by atoms with Gasteiger partial charge in [0.05, 0.1) is 0 Å². The molecule has 0 amide bonds. The van der Waals surface area contributed by atoms with E-state index in [0.29, 0.717) is 19.3 Å². The van der Waals surface area contributed by atoms with Gasteiger partial charge in [-0.25, -0.2) is 0 Å². The van der Waals surface area contributed by atoms with E-state index >= 15 is 0 Å². The van der Waals surface area contributed by atoms with Crippen LogP contribution in [0.3, 0.4) is 0 Å². The highest BCUT2D eigenvalue weighted by Gasteiger charge is 2.19. The van der Waals surface area contributed by atoms with Crippen LogP contribution in [-0.4, -0.2) is 37.2 Å². The minimum atomic E-state index is -0.775. The highest BCUT2D eigenvalue weighted by molar-refractivity contribution is 5.71. The van der Waals surface area contributed by atoms with Crippen molar-refractivity contribution in [2.75, 3.05) is 13.2 Å². The molecule has 0 aromatic heterocycles. The van der Waals surface area contributed by atoms with Gasteiger partial charge >= 0.3 is 17.9 Å². The van der Waals surface area contributed by atoms with Gasteiger partial charge in [0.1, 0.15) is 13.2 Å². The van der Waals surface area contributed by atoms with Crippen molar-refractivity contribution in [3.63, 3.8) is 0 Å². The smallest absolute Gasteiger partial charge is 0.306 e. The fraction of sp³-hybridized carbons (Fsp3) is 0.853. The van der Waals surface area contributed by atoms with Crippen LogP contribution in [0.4, 0.5) is 0 Å². The van der Waals surface area contributed by atoms with E-state index in [1.54, 1.807) is 0 Å². The number of carbonyl (C=O) groups is 3. The topological polar surface area (TPSA) is 78.9 Å². The fourth-order valence-electron chi connectivity index (χ4n) is 10.9. The summed E-state index contributed by atoms with van der Waals surface area (Å²) in [5.74, 6) is -0.851. The first-order chi connectivity index (χ1) is 40.0. The number of carbonyl (C=O) groups excluding carboxylic acids is 3. The molecule has 0 fully saturated rings. The Bertz CT molecular complexity index is 1400. The summed E-state index contributed by atoms with van der Waals surface area (Å²) in [6, 6.07) is 0. The van der Waals surface area contributed by atoms with Gasteiger partial charge in [0, 0.05) is 19.3 Å². The number of hydrogen-bond donors (Lipinski definition) is 0. The summed E-state index contributed by atoms with van der Waals surface area (Å²) in [6.45, 7) is 6.67. The quantitative estimate of drug-likeness (QED) is 0.0261. The number of allylic oxidation sites excluding steroid dienone is 8. The Balaban J connectivity index is 4.18. The van der Waals surface area contributed by atoms with Gasteiger partial charge in [0.2, 0.25) is 0 Å². The molecule has 0 aromatic carbocycles. The average Bonchev–Trinajstić information content (AvgIpc) is 3.47. The molecule has 0 heterocycles. The standard InChI is InChI=1S/C75H138O6/c1-4-7-10-13-16-19-22-25-28-30-32-33-34-35-36-37-38-39-40-41-42-43-44-46-47-50-53-56-59-62-65-68-74(77)80-71-72(70-79-73(76)67-64-61-58-55-52-49-27-24-21-18-15-12-9-6-3)81-75(78)69-66-63-60-57-54-51-48-45-31-29-26-23-20-17-14-11-8-5-2/h20,22-23,25,29-32,72H,4-19,21,24,26-28,33-71H2,1-3H3/b23-20-,25-22-,31-29-,32-30-. The van der Waals surface area contributed by atoms with Crippen molar-refractivity contribution in [2.45, 2.75) is 399 Å². The number of hydrogen-bond acceptors (Lipinski definition) is 6. The average molecular weight is 1140 g/mol. The minimum absolute atomic E-state index is 0.0707. The Labute approximate surface area is 505 Å². The molecule has 0 aliphatic carbocycles. The van der Waals surface area contributed by atoms with Crippen molar-refractivity contribution in [2.24, 2.45) is 0 Å². The van der Waals surface area contributed by atoms with Crippen LogP contribution in [0.1, 0.15) is 393 Å². The summed E-state index contributed by atoms with van der Waals surface area (Å²) in [5.41, 5.74) is 0. The maximum Gasteiger partial charge on any atom is 0.306 e. The molecule has 1 unspecified atom stereocenters. The normalized spacial score (nSPS) is 12.3. The molecule has 6 nitrogen and oxygen atoms in total. The van der Waals surface area contributed by atoms with Gasteiger partial charge < -0.3 is 14.2 Å². The highest BCUT2D eigenvalue weighted by atomic mass is 16.6. The molecule has 0 aliphatic heterocycles. The van der Waals surface area contributed by atoms with Gasteiger partial charge in [0.15, 0.2) is 6.10 Å². The van der Waals surface area contributed by atoms with Gasteiger partial charge in [0.25, 0.3) is 0 Å². The van der Waals surface area contributed by atoms with Crippen LogP contribution in [0.2, 0.25) is 0 Å². The second-order valence-corrected chi connectivity index (χ2v) is 24.5. The van der Waals surface area contributed by atoms with Crippen molar-refractivity contribution >= 4 is 17.9 Å². The van der Waals surface area contributed by atoms with Gasteiger partial charge in [-0.1, -0.05) is 339 Å². The van der Waals surface area contributed by atoms with Crippen molar-refractivity contribution in [3.05, 3.63) is 48.6 Å². The number of esters is 3. The molecule has 6 heteroatoms. The van der Waals surface area contributed by atoms with Crippen molar-refractivity contribution in [3.8, 4) is 0 Å². The molecule has 474 valence electrons. The molecule has 0 saturated carbocycles. The van der Waals surface area contributed by atoms with Crippen LogP contribution >= 0.6 is 0 Å². The second kappa shape index (κ2) is 69.9. The summed E-state index contributed by atoms with van der Waals surface area (Å²) in [4.78, 5) is 38.4. The maximum absolute atomic E-state index is 12.9. The lowest BCUT2D eigenvalue weighted by Gasteiger charge is -2.18. The lowest BCUT2D eigenvalue weighted by atomic mass is 10.0. The molecule has 0 aliphatic rings. The molecule has 0 spiro atoms. The third-order valence-corrected chi connectivity index (χ3v) is 16.3. The Morgan fingerprint density at radius 3 is 0.691 bits per heavy atom. The zero-order valence-corrected chi connectivity index (χ0v) is 54.6. The van der Waals surface area contributed by atoms with E-state index in [2.05, 4.69) is 69.4 Å². The Morgan fingerprint density at radius 1 is 0.247 bits per heavy atom. The summed E-state index contributed by atoms with van der Waals surface area (Å²) in [7, 11) is 0. The van der Waals surface area contributed by atoms with E-state index in [1.807, 2.05) is 0 Å². The summed E-state index contributed by atoms with van der Waals surface area (Å²) in [6.07, 6.45) is 88.6. The van der Waals surface area contributed by atoms with E-state index in [-0.39, 0.29) is 31.1 Å². The van der Waals surface area contributed by atoms with E-state index in [4.69, 9.17) is 14.2 Å². The van der Waals surface area contributed by atoms with E-state index in [0.717, 1.165) is 77.0 Å². The number of ether oxygens (including phenoxy) is 3. The van der Waals surface area contributed by atoms with E-state index in [1.165, 1.54) is 276 Å². The van der Waals surface area contributed by atoms with Gasteiger partial charge in [-0.15, -0.1) is 0 Å². The third-order valence-electron chi connectivity index (χ3n) is 16.3. The van der Waals surface area contributed by atoms with Crippen LogP contribution < -0.4 is 0 Å². The number of rotatable bonds is 67. The SMILES string of the molecule is CCCCCC/C=C\C/C=C\CCCCCCCCCC(=O)OC(COC(=O)CCCCCCCCCCCCCCCC)COC(=O)CCCCCCCCCCCCCCCCCCCCC/C=C\C/C=C\CCCCCCC. The summed E-state index contributed by atoms with van der Waals surface area (Å²) in [5, 5.41) is 0. The first-order valence-corrected chi connectivity index (χ1v) is 36.1. The van der Waals surface area contributed by atoms with Crippen LogP contribution in [0.15, 0.2) is 48.6 Å². The van der Waals surface area contributed by atoms with Gasteiger partial charge in [-0.05, 0) is 83.5 Å².